The Labute approximate surface area is 266 Å². The molecule has 0 atom stereocenters. The first kappa shape index (κ1) is 32.2. The Bertz CT molecular complexity index is 1680. The second-order valence-electron chi connectivity index (χ2n) is 12.6. The molecule has 1 fully saturated rings. The van der Waals surface area contributed by atoms with Crippen LogP contribution in [0.5, 0.6) is 5.75 Å². The molecule has 2 aromatic carbocycles. The maximum atomic E-state index is 14.3. The summed E-state index contributed by atoms with van der Waals surface area (Å²) in [6, 6.07) is 17.3. The van der Waals surface area contributed by atoms with Gasteiger partial charge >= 0.3 is 6.03 Å². The number of anilines is 2. The lowest BCUT2D eigenvalue weighted by Gasteiger charge is -2.22. The van der Waals surface area contributed by atoms with Crippen LogP contribution in [0.3, 0.4) is 0 Å². The molecule has 0 aliphatic heterocycles. The van der Waals surface area contributed by atoms with E-state index in [1.165, 1.54) is 0 Å². The Morgan fingerprint density at radius 2 is 1.62 bits per heavy atom. The van der Waals surface area contributed by atoms with Crippen molar-refractivity contribution in [2.24, 2.45) is 5.92 Å². The molecule has 0 spiro atoms. The standard InChI is InChI=1S/C37H47N5O3/c1-7-41(8-2)20-21-45-28-13-9-12-27(22-28)32-31-16-11-19-38-35(31)42(23-26-17-18-26)36(43)34(32)40-37(44)39-33-29(24(3)4)14-10-15-30(33)25(5)6/h9-16,19,22,24-26H,7-8,17-18,20-21,23H2,1-6H3,(H2,39,40,44). The Morgan fingerprint density at radius 3 is 2.27 bits per heavy atom. The molecule has 45 heavy (non-hydrogen) atoms. The van der Waals surface area contributed by atoms with Crippen LogP contribution in [0.15, 0.2) is 65.6 Å². The number of hydrogen-bond acceptors (Lipinski definition) is 5. The number of urea groups is 1. The molecule has 8 heteroatoms. The van der Waals surface area contributed by atoms with Crippen molar-refractivity contribution in [1.82, 2.24) is 14.5 Å². The van der Waals surface area contributed by atoms with Crippen molar-refractivity contribution in [3.05, 3.63) is 82.3 Å². The van der Waals surface area contributed by atoms with Crippen molar-refractivity contribution in [2.75, 3.05) is 36.9 Å². The first-order chi connectivity index (χ1) is 21.7. The Kier molecular flexibility index (Phi) is 10.2. The van der Waals surface area contributed by atoms with Crippen LogP contribution in [0.2, 0.25) is 0 Å². The molecule has 0 radical (unpaired) electrons. The number of carbonyl (C=O) groups excluding carboxylic acids is 1. The van der Waals surface area contributed by atoms with E-state index in [1.807, 2.05) is 54.6 Å². The second-order valence-corrected chi connectivity index (χ2v) is 12.6. The quantitative estimate of drug-likeness (QED) is 0.160. The molecular formula is C37H47N5O3. The van der Waals surface area contributed by atoms with Crippen molar-refractivity contribution in [3.8, 4) is 16.9 Å². The molecule has 8 nitrogen and oxygen atoms in total. The minimum atomic E-state index is -0.448. The van der Waals surface area contributed by atoms with E-state index in [1.54, 1.807) is 10.8 Å². The van der Waals surface area contributed by atoms with E-state index in [9.17, 15) is 9.59 Å². The van der Waals surface area contributed by atoms with Gasteiger partial charge < -0.3 is 20.3 Å². The first-order valence-corrected chi connectivity index (χ1v) is 16.4. The van der Waals surface area contributed by atoms with Crippen molar-refractivity contribution in [2.45, 2.75) is 72.8 Å². The minimum absolute atomic E-state index is 0.210. The van der Waals surface area contributed by atoms with Crippen molar-refractivity contribution >= 4 is 28.4 Å². The number of likely N-dealkylation sites (N-methyl/N-ethyl adjacent to an activating group) is 1. The predicted octanol–water partition coefficient (Wildman–Crippen LogP) is 8.08. The zero-order valence-electron chi connectivity index (χ0n) is 27.5. The van der Waals surface area contributed by atoms with Gasteiger partial charge in [0.2, 0.25) is 0 Å². The molecule has 4 aromatic rings. The highest BCUT2D eigenvalue weighted by atomic mass is 16.5. The summed E-state index contributed by atoms with van der Waals surface area (Å²) in [6.07, 6.45) is 3.89. The van der Waals surface area contributed by atoms with Crippen LogP contribution in [-0.4, -0.2) is 46.7 Å². The molecule has 1 saturated carbocycles. The third-order valence-electron chi connectivity index (χ3n) is 8.70. The molecule has 5 rings (SSSR count). The number of hydrogen-bond donors (Lipinski definition) is 2. The van der Waals surface area contributed by atoms with Gasteiger partial charge in [-0.15, -0.1) is 0 Å². The molecule has 0 unspecified atom stereocenters. The summed E-state index contributed by atoms with van der Waals surface area (Å²) >= 11 is 0. The number of rotatable bonds is 13. The van der Waals surface area contributed by atoms with Gasteiger partial charge in [0, 0.05) is 35.9 Å². The number of nitrogens with one attached hydrogen (secondary N) is 2. The molecule has 1 aliphatic rings. The summed E-state index contributed by atoms with van der Waals surface area (Å²) in [5, 5.41) is 6.96. The van der Waals surface area contributed by atoms with E-state index in [0.29, 0.717) is 36.0 Å². The average Bonchev–Trinajstić information content (AvgIpc) is 3.86. The maximum Gasteiger partial charge on any atom is 0.323 e. The number of amides is 2. The number of fused-ring (bicyclic) bond motifs is 1. The molecule has 2 amide bonds. The number of pyridine rings is 2. The molecule has 2 aromatic heterocycles. The maximum absolute atomic E-state index is 14.3. The van der Waals surface area contributed by atoms with Crippen LogP contribution < -0.4 is 20.9 Å². The van der Waals surface area contributed by atoms with E-state index >= 15 is 0 Å². The van der Waals surface area contributed by atoms with Crippen LogP contribution in [0.25, 0.3) is 22.2 Å². The van der Waals surface area contributed by atoms with Gasteiger partial charge in [-0.25, -0.2) is 9.78 Å². The number of ether oxygens (including phenoxy) is 1. The summed E-state index contributed by atoms with van der Waals surface area (Å²) in [5.74, 6) is 1.57. The lowest BCUT2D eigenvalue weighted by atomic mass is 9.93. The molecule has 2 N–H and O–H groups in total. The summed E-state index contributed by atoms with van der Waals surface area (Å²) in [6.45, 7) is 16.6. The van der Waals surface area contributed by atoms with E-state index < -0.39 is 6.03 Å². The molecule has 0 bridgehead atoms. The van der Waals surface area contributed by atoms with E-state index in [4.69, 9.17) is 4.74 Å². The normalized spacial score (nSPS) is 13.2. The van der Waals surface area contributed by atoms with E-state index in [2.05, 4.69) is 62.1 Å². The highest BCUT2D eigenvalue weighted by molar-refractivity contribution is 6.07. The molecule has 238 valence electrons. The molecular weight excluding hydrogens is 562 g/mol. The van der Waals surface area contributed by atoms with Gasteiger partial charge in [-0.2, -0.15) is 0 Å². The Hall–Kier alpha value is -4.17. The highest BCUT2D eigenvalue weighted by Crippen LogP contribution is 2.37. The third-order valence-corrected chi connectivity index (χ3v) is 8.70. The fourth-order valence-electron chi connectivity index (χ4n) is 5.95. The summed E-state index contributed by atoms with van der Waals surface area (Å²) in [5.41, 5.74) is 4.93. The average molecular weight is 610 g/mol. The van der Waals surface area contributed by atoms with Crippen LogP contribution in [0.4, 0.5) is 16.2 Å². The Balaban J connectivity index is 1.58. The monoisotopic (exact) mass is 609 g/mol. The van der Waals surface area contributed by atoms with Crippen molar-refractivity contribution < 1.29 is 9.53 Å². The van der Waals surface area contributed by atoms with Crippen LogP contribution >= 0.6 is 0 Å². The fourth-order valence-corrected chi connectivity index (χ4v) is 5.95. The number of aromatic nitrogens is 2. The second kappa shape index (κ2) is 14.3. The van der Waals surface area contributed by atoms with Gasteiger partial charge in [0.15, 0.2) is 0 Å². The smallest absolute Gasteiger partial charge is 0.323 e. The van der Waals surface area contributed by atoms with Gasteiger partial charge in [0.1, 0.15) is 23.7 Å². The predicted molar refractivity (Wildman–Crippen MR) is 185 cm³/mol. The van der Waals surface area contributed by atoms with Gasteiger partial charge in [0.05, 0.1) is 0 Å². The molecule has 2 heterocycles. The topological polar surface area (TPSA) is 88.5 Å². The fraction of sp³-hybridized carbons (Fsp3) is 0.432. The van der Waals surface area contributed by atoms with Crippen molar-refractivity contribution in [1.29, 1.82) is 0 Å². The number of carbonyl (C=O) groups is 1. The van der Waals surface area contributed by atoms with Gasteiger partial charge in [-0.1, -0.05) is 71.9 Å². The molecule has 0 saturated heterocycles. The van der Waals surface area contributed by atoms with Gasteiger partial charge in [0.25, 0.3) is 5.56 Å². The Morgan fingerprint density at radius 1 is 0.956 bits per heavy atom. The summed E-state index contributed by atoms with van der Waals surface area (Å²) < 4.78 is 7.89. The zero-order valence-corrected chi connectivity index (χ0v) is 27.5. The van der Waals surface area contributed by atoms with Gasteiger partial charge in [-0.3, -0.25) is 9.36 Å². The number of nitrogens with zero attached hydrogens (tertiary/aromatic N) is 3. The van der Waals surface area contributed by atoms with E-state index in [0.717, 1.165) is 60.2 Å². The summed E-state index contributed by atoms with van der Waals surface area (Å²) in [7, 11) is 0. The van der Waals surface area contributed by atoms with Crippen LogP contribution in [-0.2, 0) is 6.54 Å². The zero-order chi connectivity index (χ0) is 32.1. The number of benzene rings is 2. The highest BCUT2D eigenvalue weighted by Gasteiger charge is 2.27. The molecule has 1 aliphatic carbocycles. The van der Waals surface area contributed by atoms with Crippen LogP contribution in [0.1, 0.15) is 77.3 Å². The van der Waals surface area contributed by atoms with Crippen molar-refractivity contribution in [3.63, 3.8) is 0 Å². The lowest BCUT2D eigenvalue weighted by molar-refractivity contribution is 0.223. The summed E-state index contributed by atoms with van der Waals surface area (Å²) in [4.78, 5) is 35.2. The SMILES string of the molecule is CCN(CC)CCOc1cccc(-c2c(NC(=O)Nc3c(C(C)C)cccc3C(C)C)c(=O)n(CC3CC3)c3ncccc23)c1. The largest absolute Gasteiger partial charge is 0.492 e. The first-order valence-electron chi connectivity index (χ1n) is 16.4. The van der Waals surface area contributed by atoms with Crippen LogP contribution in [0, 0.1) is 5.92 Å². The third kappa shape index (κ3) is 7.39. The van der Waals surface area contributed by atoms with E-state index in [-0.39, 0.29) is 23.1 Å². The number of para-hydroxylation sites is 1. The minimum Gasteiger partial charge on any atom is -0.492 e. The lowest BCUT2D eigenvalue weighted by Crippen LogP contribution is -2.30. The van der Waals surface area contributed by atoms with Gasteiger partial charge in [-0.05, 0) is 84.6 Å².